The van der Waals surface area contributed by atoms with Gasteiger partial charge in [0.05, 0.1) is 5.69 Å². The quantitative estimate of drug-likeness (QED) is 0.667. The van der Waals surface area contributed by atoms with Gasteiger partial charge in [-0.25, -0.2) is 14.2 Å². The van der Waals surface area contributed by atoms with Gasteiger partial charge in [-0.05, 0) is 18.2 Å². The zero-order valence-electron chi connectivity index (χ0n) is 9.09. The van der Waals surface area contributed by atoms with Gasteiger partial charge in [-0.1, -0.05) is 0 Å². The summed E-state index contributed by atoms with van der Waals surface area (Å²) in [6, 6.07) is 4.29. The van der Waals surface area contributed by atoms with Gasteiger partial charge >= 0.3 is 5.97 Å². The van der Waals surface area contributed by atoms with Crippen molar-refractivity contribution in [3.8, 4) is 0 Å². The van der Waals surface area contributed by atoms with Gasteiger partial charge in [0.15, 0.2) is 0 Å². The van der Waals surface area contributed by atoms with E-state index in [9.17, 15) is 9.18 Å². The number of nitrogens with zero attached hydrogens (tertiary/aromatic N) is 1. The molecule has 1 aromatic carbocycles. The van der Waals surface area contributed by atoms with Crippen LogP contribution in [0.2, 0.25) is 0 Å². The standard InChI is InChI=1S/C11H9FN2O2S2/c12-6-1-7(13)3-9(2-6)17-4-8-5-18-10(14-8)11(15)16/h1-3,5H,4,13H2,(H,15,16). The summed E-state index contributed by atoms with van der Waals surface area (Å²) < 4.78 is 13.1. The second kappa shape index (κ2) is 5.36. The molecule has 0 unspecified atom stereocenters. The predicted octanol–water partition coefficient (Wildman–Crippen LogP) is 2.85. The van der Waals surface area contributed by atoms with Crippen LogP contribution in [-0.2, 0) is 5.75 Å². The zero-order chi connectivity index (χ0) is 13.1. The molecule has 0 aliphatic heterocycles. The Labute approximate surface area is 111 Å². The Morgan fingerprint density at radius 3 is 2.89 bits per heavy atom. The summed E-state index contributed by atoms with van der Waals surface area (Å²) in [6.45, 7) is 0. The van der Waals surface area contributed by atoms with Crippen molar-refractivity contribution in [1.29, 1.82) is 0 Å². The summed E-state index contributed by atoms with van der Waals surface area (Å²) in [6.07, 6.45) is 0. The number of carbonyl (C=O) groups is 1. The van der Waals surface area contributed by atoms with Gasteiger partial charge in [0.25, 0.3) is 0 Å². The highest BCUT2D eigenvalue weighted by molar-refractivity contribution is 7.98. The van der Waals surface area contributed by atoms with Crippen molar-refractivity contribution in [3.05, 3.63) is 40.1 Å². The molecule has 0 aliphatic carbocycles. The van der Waals surface area contributed by atoms with Gasteiger partial charge in [-0.2, -0.15) is 0 Å². The van der Waals surface area contributed by atoms with Crippen molar-refractivity contribution in [2.45, 2.75) is 10.6 Å². The molecule has 18 heavy (non-hydrogen) atoms. The number of aromatic carboxylic acids is 1. The fraction of sp³-hybridized carbons (Fsp3) is 0.0909. The van der Waals surface area contributed by atoms with Crippen LogP contribution >= 0.6 is 23.1 Å². The van der Waals surface area contributed by atoms with Crippen LogP contribution in [0.3, 0.4) is 0 Å². The minimum Gasteiger partial charge on any atom is -0.476 e. The van der Waals surface area contributed by atoms with Gasteiger partial charge in [0.1, 0.15) is 5.82 Å². The number of thiazole rings is 1. The lowest BCUT2D eigenvalue weighted by molar-refractivity contribution is 0.0696. The Hall–Kier alpha value is -1.60. The SMILES string of the molecule is Nc1cc(F)cc(SCc2csc(C(=O)O)n2)c1. The summed E-state index contributed by atoms with van der Waals surface area (Å²) in [5.74, 6) is -0.944. The Kier molecular flexibility index (Phi) is 3.83. The first kappa shape index (κ1) is 12.8. The monoisotopic (exact) mass is 284 g/mol. The number of rotatable bonds is 4. The van der Waals surface area contributed by atoms with Crippen molar-refractivity contribution in [3.63, 3.8) is 0 Å². The number of aromatic nitrogens is 1. The fourth-order valence-electron chi connectivity index (χ4n) is 1.30. The van der Waals surface area contributed by atoms with E-state index in [1.54, 1.807) is 11.4 Å². The molecule has 2 aromatic rings. The molecule has 1 aromatic heterocycles. The third-order valence-electron chi connectivity index (χ3n) is 2.02. The number of hydrogen-bond donors (Lipinski definition) is 2. The van der Waals surface area contributed by atoms with E-state index < -0.39 is 5.97 Å². The molecular weight excluding hydrogens is 275 g/mol. The van der Waals surface area contributed by atoms with Crippen LogP contribution in [0, 0.1) is 5.82 Å². The van der Waals surface area contributed by atoms with Crippen LogP contribution in [-0.4, -0.2) is 16.1 Å². The molecule has 0 bridgehead atoms. The first-order chi connectivity index (χ1) is 8.54. The highest BCUT2D eigenvalue weighted by Crippen LogP contribution is 2.26. The Bertz CT molecular complexity index is 566. The second-order valence-corrected chi connectivity index (χ2v) is 5.36. The van der Waals surface area contributed by atoms with E-state index in [0.29, 0.717) is 22.0 Å². The first-order valence-corrected chi connectivity index (χ1v) is 6.77. The second-order valence-electron chi connectivity index (χ2n) is 3.46. The van der Waals surface area contributed by atoms with Crippen LogP contribution in [0.25, 0.3) is 0 Å². The summed E-state index contributed by atoms with van der Waals surface area (Å²) in [5, 5.41) is 10.5. The van der Waals surface area contributed by atoms with Crippen LogP contribution in [0.15, 0.2) is 28.5 Å². The van der Waals surface area contributed by atoms with E-state index in [1.165, 1.54) is 23.9 Å². The minimum absolute atomic E-state index is 0.0596. The Morgan fingerprint density at radius 2 is 2.28 bits per heavy atom. The molecule has 0 fully saturated rings. The maximum Gasteiger partial charge on any atom is 0.365 e. The smallest absolute Gasteiger partial charge is 0.365 e. The normalized spacial score (nSPS) is 10.5. The molecule has 0 spiro atoms. The highest BCUT2D eigenvalue weighted by Gasteiger charge is 2.09. The van der Waals surface area contributed by atoms with E-state index in [4.69, 9.17) is 10.8 Å². The predicted molar refractivity (Wildman–Crippen MR) is 69.4 cm³/mol. The molecule has 7 heteroatoms. The summed E-state index contributed by atoms with van der Waals surface area (Å²) in [7, 11) is 0. The van der Waals surface area contributed by atoms with E-state index in [-0.39, 0.29) is 10.8 Å². The van der Waals surface area contributed by atoms with Crippen molar-refractivity contribution < 1.29 is 14.3 Å². The molecule has 0 saturated heterocycles. The Balaban J connectivity index is 2.04. The van der Waals surface area contributed by atoms with E-state index in [1.807, 2.05) is 0 Å². The van der Waals surface area contributed by atoms with Crippen LogP contribution in [0.4, 0.5) is 10.1 Å². The van der Waals surface area contributed by atoms with Crippen molar-refractivity contribution in [2.24, 2.45) is 0 Å². The summed E-state index contributed by atoms with van der Waals surface area (Å²) in [4.78, 5) is 15.3. The lowest BCUT2D eigenvalue weighted by Crippen LogP contribution is -1.95. The maximum absolute atomic E-state index is 13.1. The molecule has 2 rings (SSSR count). The average Bonchev–Trinajstić information content (AvgIpc) is 2.73. The molecule has 0 radical (unpaired) electrons. The largest absolute Gasteiger partial charge is 0.476 e. The molecule has 0 atom stereocenters. The summed E-state index contributed by atoms with van der Waals surface area (Å²) >= 11 is 2.43. The third kappa shape index (κ3) is 3.21. The number of halogens is 1. The molecular formula is C11H9FN2O2S2. The molecule has 3 N–H and O–H groups in total. The van der Waals surface area contributed by atoms with Gasteiger partial charge in [0, 0.05) is 21.7 Å². The molecule has 4 nitrogen and oxygen atoms in total. The highest BCUT2D eigenvalue weighted by atomic mass is 32.2. The van der Waals surface area contributed by atoms with E-state index in [0.717, 1.165) is 11.3 Å². The van der Waals surface area contributed by atoms with Crippen LogP contribution in [0.5, 0.6) is 0 Å². The molecule has 0 amide bonds. The van der Waals surface area contributed by atoms with Gasteiger partial charge in [0.2, 0.25) is 5.01 Å². The molecule has 0 saturated carbocycles. The first-order valence-electron chi connectivity index (χ1n) is 4.91. The van der Waals surface area contributed by atoms with Gasteiger partial charge in [-0.3, -0.25) is 0 Å². The fourth-order valence-corrected chi connectivity index (χ4v) is 2.93. The minimum atomic E-state index is -1.04. The number of carboxylic acid groups (broad SMARTS) is 1. The van der Waals surface area contributed by atoms with E-state index >= 15 is 0 Å². The van der Waals surface area contributed by atoms with Crippen LogP contribution < -0.4 is 5.73 Å². The van der Waals surface area contributed by atoms with Crippen LogP contribution in [0.1, 0.15) is 15.5 Å². The summed E-state index contributed by atoms with van der Waals surface area (Å²) in [5.41, 5.74) is 6.55. The number of nitrogen functional groups attached to an aromatic ring is 1. The molecule has 0 aliphatic rings. The third-order valence-corrected chi connectivity index (χ3v) is 3.90. The number of carboxylic acids is 1. The van der Waals surface area contributed by atoms with Crippen molar-refractivity contribution in [2.75, 3.05) is 5.73 Å². The average molecular weight is 284 g/mol. The van der Waals surface area contributed by atoms with Gasteiger partial charge < -0.3 is 10.8 Å². The molecule has 94 valence electrons. The number of hydrogen-bond acceptors (Lipinski definition) is 5. The lowest BCUT2D eigenvalue weighted by Gasteiger charge is -2.01. The van der Waals surface area contributed by atoms with Gasteiger partial charge in [-0.15, -0.1) is 23.1 Å². The van der Waals surface area contributed by atoms with Crippen molar-refractivity contribution in [1.82, 2.24) is 4.98 Å². The Morgan fingerprint density at radius 1 is 1.50 bits per heavy atom. The zero-order valence-corrected chi connectivity index (χ0v) is 10.7. The topological polar surface area (TPSA) is 76.2 Å². The number of nitrogens with two attached hydrogens (primary N) is 1. The molecule has 1 heterocycles. The van der Waals surface area contributed by atoms with Crippen molar-refractivity contribution >= 4 is 34.8 Å². The van der Waals surface area contributed by atoms with E-state index in [2.05, 4.69) is 4.98 Å². The maximum atomic E-state index is 13.1. The number of thioether (sulfide) groups is 1. The number of benzene rings is 1. The lowest BCUT2D eigenvalue weighted by atomic mass is 10.3. The number of anilines is 1.